The van der Waals surface area contributed by atoms with E-state index in [2.05, 4.69) is 29.3 Å². The Hall–Kier alpha value is -1.87. The van der Waals surface area contributed by atoms with Crippen LogP contribution in [-0.4, -0.2) is 11.1 Å². The number of hydrogen-bond donors (Lipinski definition) is 0. The molecule has 1 fully saturated rings. The summed E-state index contributed by atoms with van der Waals surface area (Å²) in [7, 11) is 0. The van der Waals surface area contributed by atoms with E-state index >= 15 is 0 Å². The van der Waals surface area contributed by atoms with Crippen LogP contribution < -0.4 is 4.84 Å². The first kappa shape index (κ1) is 16.0. The maximum atomic E-state index is 13.1. The van der Waals surface area contributed by atoms with E-state index in [4.69, 9.17) is 4.84 Å². The van der Waals surface area contributed by atoms with Gasteiger partial charge in [-0.3, -0.25) is 0 Å². The lowest BCUT2D eigenvalue weighted by molar-refractivity contribution is -0.108. The molecule has 0 heterocycles. The fraction of sp³-hybridized carbons (Fsp3) is 0.400. The fourth-order valence-corrected chi connectivity index (χ4v) is 3.18. The van der Waals surface area contributed by atoms with Crippen LogP contribution in [0.3, 0.4) is 0 Å². The second-order valence-electron chi connectivity index (χ2n) is 6.25. The summed E-state index contributed by atoms with van der Waals surface area (Å²) in [5.74, 6) is 0.466. The molecule has 23 heavy (non-hydrogen) atoms. The van der Waals surface area contributed by atoms with Gasteiger partial charge in [0.1, 0.15) is 11.6 Å². The summed E-state index contributed by atoms with van der Waals surface area (Å²) in [6, 6.07) is 17.1. The van der Waals surface area contributed by atoms with Gasteiger partial charge in [-0.05, 0) is 42.7 Å². The Morgan fingerprint density at radius 1 is 0.870 bits per heavy atom. The van der Waals surface area contributed by atoms with Gasteiger partial charge in [-0.2, -0.15) is 0 Å². The van der Waals surface area contributed by atoms with Gasteiger partial charge >= 0.3 is 0 Å². The van der Waals surface area contributed by atoms with Crippen molar-refractivity contribution in [1.29, 1.82) is 0 Å². The van der Waals surface area contributed by atoms with Gasteiger partial charge in [-0.15, -0.1) is 5.06 Å². The first-order valence-electron chi connectivity index (χ1n) is 8.55. The Bertz CT molecular complexity index is 576. The molecule has 0 unspecified atom stereocenters. The highest BCUT2D eigenvalue weighted by atomic mass is 19.1. The zero-order chi connectivity index (χ0) is 15.9. The molecule has 122 valence electrons. The summed E-state index contributed by atoms with van der Waals surface area (Å²) in [6.45, 7) is 0.753. The van der Waals surface area contributed by atoms with Gasteiger partial charge in [-0.25, -0.2) is 4.39 Å². The molecular formula is C20H24FNO. The number of rotatable bonds is 5. The van der Waals surface area contributed by atoms with Gasteiger partial charge in [0.05, 0.1) is 6.54 Å². The Balaban J connectivity index is 1.75. The van der Waals surface area contributed by atoms with Crippen molar-refractivity contribution in [3.05, 3.63) is 66.0 Å². The van der Waals surface area contributed by atoms with Gasteiger partial charge in [0, 0.05) is 6.04 Å². The Morgan fingerprint density at radius 3 is 2.17 bits per heavy atom. The lowest BCUT2D eigenvalue weighted by atomic mass is 10.1. The lowest BCUT2D eigenvalue weighted by Crippen LogP contribution is -2.37. The summed E-state index contributed by atoms with van der Waals surface area (Å²) in [5.41, 5.74) is 1.24. The van der Waals surface area contributed by atoms with E-state index in [9.17, 15) is 4.39 Å². The molecule has 2 nitrogen and oxygen atoms in total. The van der Waals surface area contributed by atoms with Crippen LogP contribution in [0.2, 0.25) is 0 Å². The van der Waals surface area contributed by atoms with Crippen molar-refractivity contribution in [3.8, 4) is 5.75 Å². The maximum absolute atomic E-state index is 13.1. The fourth-order valence-electron chi connectivity index (χ4n) is 3.18. The molecule has 2 aromatic rings. The molecule has 0 amide bonds. The summed E-state index contributed by atoms with van der Waals surface area (Å²) in [4.78, 5) is 6.14. The van der Waals surface area contributed by atoms with Crippen LogP contribution in [-0.2, 0) is 6.54 Å². The van der Waals surface area contributed by atoms with Crippen molar-refractivity contribution in [2.75, 3.05) is 0 Å². The summed E-state index contributed by atoms with van der Waals surface area (Å²) in [5, 5.41) is 2.09. The summed E-state index contributed by atoms with van der Waals surface area (Å²) >= 11 is 0. The van der Waals surface area contributed by atoms with Gasteiger partial charge in [-0.1, -0.05) is 56.0 Å². The second-order valence-corrected chi connectivity index (χ2v) is 6.25. The molecule has 3 rings (SSSR count). The molecule has 0 spiro atoms. The van der Waals surface area contributed by atoms with Gasteiger partial charge in [0.15, 0.2) is 0 Å². The van der Waals surface area contributed by atoms with E-state index in [1.54, 1.807) is 12.1 Å². The summed E-state index contributed by atoms with van der Waals surface area (Å²) < 4.78 is 13.1. The first-order valence-corrected chi connectivity index (χ1v) is 8.55. The smallest absolute Gasteiger partial charge is 0.147 e. The summed E-state index contributed by atoms with van der Waals surface area (Å²) in [6.07, 6.45) is 7.45. The van der Waals surface area contributed by atoms with Gasteiger partial charge < -0.3 is 4.84 Å². The van der Waals surface area contributed by atoms with Crippen LogP contribution in [0.4, 0.5) is 4.39 Å². The van der Waals surface area contributed by atoms with Gasteiger partial charge in [0.2, 0.25) is 0 Å². The van der Waals surface area contributed by atoms with Crippen molar-refractivity contribution in [2.24, 2.45) is 0 Å². The average molecular weight is 313 g/mol. The van der Waals surface area contributed by atoms with Crippen molar-refractivity contribution in [1.82, 2.24) is 5.06 Å². The first-order chi connectivity index (χ1) is 11.3. The largest absolute Gasteiger partial charge is 0.405 e. The normalized spacial score (nSPS) is 16.3. The highest BCUT2D eigenvalue weighted by molar-refractivity contribution is 5.22. The van der Waals surface area contributed by atoms with Crippen LogP contribution in [0.1, 0.15) is 44.1 Å². The monoisotopic (exact) mass is 313 g/mol. The van der Waals surface area contributed by atoms with E-state index in [1.807, 2.05) is 6.07 Å². The minimum atomic E-state index is -0.235. The Morgan fingerprint density at radius 2 is 1.52 bits per heavy atom. The standard InChI is InChI=1S/C20H24FNO/c21-18-12-14-20(15-13-18)23-22(16-17-8-4-3-5-9-17)19-10-6-1-2-7-11-19/h3-5,8-9,12-15,19H,1-2,6-7,10-11,16H2. The third kappa shape index (κ3) is 4.80. The third-order valence-corrected chi connectivity index (χ3v) is 4.45. The predicted octanol–water partition coefficient (Wildman–Crippen LogP) is 5.34. The van der Waals surface area contributed by atoms with Crippen molar-refractivity contribution in [2.45, 2.75) is 51.1 Å². The molecule has 0 aromatic heterocycles. The molecule has 3 heteroatoms. The maximum Gasteiger partial charge on any atom is 0.147 e. The third-order valence-electron chi connectivity index (χ3n) is 4.45. The molecular weight excluding hydrogens is 289 g/mol. The minimum absolute atomic E-state index is 0.235. The molecule has 0 atom stereocenters. The molecule has 0 aliphatic heterocycles. The van der Waals surface area contributed by atoms with Crippen LogP contribution >= 0.6 is 0 Å². The molecule has 0 saturated heterocycles. The molecule has 1 aliphatic rings. The highest BCUT2D eigenvalue weighted by Crippen LogP contribution is 2.25. The number of hydrogen-bond acceptors (Lipinski definition) is 2. The Labute approximate surface area is 137 Å². The number of nitrogens with zero attached hydrogens (tertiary/aromatic N) is 1. The van der Waals surface area contributed by atoms with Crippen LogP contribution in [0.5, 0.6) is 5.75 Å². The van der Waals surface area contributed by atoms with Gasteiger partial charge in [0.25, 0.3) is 0 Å². The molecule has 0 bridgehead atoms. The van der Waals surface area contributed by atoms with Crippen molar-refractivity contribution < 1.29 is 9.23 Å². The van der Waals surface area contributed by atoms with Crippen LogP contribution in [0.15, 0.2) is 54.6 Å². The molecule has 1 aliphatic carbocycles. The second kappa shape index (κ2) is 8.11. The van der Waals surface area contributed by atoms with E-state index in [0.29, 0.717) is 11.8 Å². The molecule has 0 N–H and O–H groups in total. The van der Waals surface area contributed by atoms with Crippen molar-refractivity contribution in [3.63, 3.8) is 0 Å². The van der Waals surface area contributed by atoms with Crippen molar-refractivity contribution >= 4 is 0 Å². The van der Waals surface area contributed by atoms with Crippen LogP contribution in [0.25, 0.3) is 0 Å². The van der Waals surface area contributed by atoms with E-state index in [-0.39, 0.29) is 5.82 Å². The number of benzene rings is 2. The zero-order valence-corrected chi connectivity index (χ0v) is 13.5. The van der Waals surface area contributed by atoms with E-state index < -0.39 is 0 Å². The minimum Gasteiger partial charge on any atom is -0.405 e. The molecule has 0 radical (unpaired) electrons. The Kier molecular flexibility index (Phi) is 5.65. The topological polar surface area (TPSA) is 12.5 Å². The quantitative estimate of drug-likeness (QED) is 0.545. The lowest BCUT2D eigenvalue weighted by Gasteiger charge is -2.30. The predicted molar refractivity (Wildman–Crippen MR) is 90.5 cm³/mol. The van der Waals surface area contributed by atoms with E-state index in [0.717, 1.165) is 19.4 Å². The number of hydroxylamine groups is 2. The SMILES string of the molecule is Fc1ccc(ON(Cc2ccccc2)C2CCCCCC2)cc1. The highest BCUT2D eigenvalue weighted by Gasteiger charge is 2.22. The number of halogens is 1. The average Bonchev–Trinajstić information content (AvgIpc) is 2.86. The van der Waals surface area contributed by atoms with Crippen LogP contribution in [0, 0.1) is 5.82 Å². The zero-order valence-electron chi connectivity index (χ0n) is 13.5. The van der Waals surface area contributed by atoms with E-state index in [1.165, 1.54) is 43.4 Å². The molecule has 2 aromatic carbocycles. The molecule has 1 saturated carbocycles.